The molecule has 0 saturated carbocycles. The second-order valence-electron chi connectivity index (χ2n) is 6.77. The minimum Gasteiger partial charge on any atom is -0.291 e. The van der Waals surface area contributed by atoms with Crippen LogP contribution < -0.4 is 10.2 Å². The molecule has 0 aromatic heterocycles. The molecule has 1 heterocycles. The van der Waals surface area contributed by atoms with Crippen molar-refractivity contribution in [1.29, 1.82) is 0 Å². The van der Waals surface area contributed by atoms with Crippen LogP contribution in [-0.2, 0) is 11.2 Å². The van der Waals surface area contributed by atoms with Crippen molar-refractivity contribution < 1.29 is 4.79 Å². The van der Waals surface area contributed by atoms with E-state index < -0.39 is 0 Å². The molecule has 4 rings (SSSR count). The first-order valence-corrected chi connectivity index (χ1v) is 8.97. The number of rotatable bonds is 4. The summed E-state index contributed by atoms with van der Waals surface area (Å²) in [6, 6.07) is 28.2. The van der Waals surface area contributed by atoms with E-state index in [4.69, 9.17) is 0 Å². The van der Waals surface area contributed by atoms with Gasteiger partial charge in [-0.25, -0.2) is 0 Å². The van der Waals surface area contributed by atoms with Gasteiger partial charge in [-0.15, -0.1) is 0 Å². The topological polar surface area (TPSA) is 32.3 Å². The highest BCUT2D eigenvalue weighted by molar-refractivity contribution is 6.00. The first kappa shape index (κ1) is 16.6. The van der Waals surface area contributed by atoms with Gasteiger partial charge in [0.25, 0.3) is 0 Å². The highest BCUT2D eigenvalue weighted by Gasteiger charge is 2.40. The molecule has 0 bridgehead atoms. The summed E-state index contributed by atoms with van der Waals surface area (Å²) in [5, 5.41) is 3.55. The van der Waals surface area contributed by atoms with Crippen LogP contribution in [-0.4, -0.2) is 11.9 Å². The summed E-state index contributed by atoms with van der Waals surface area (Å²) in [6.45, 7) is 2.06. The Balaban J connectivity index is 1.68. The zero-order chi connectivity index (χ0) is 17.9. The molecule has 0 unspecified atom stereocenters. The largest absolute Gasteiger partial charge is 0.291 e. The Morgan fingerprint density at radius 1 is 0.846 bits per heavy atom. The smallest absolute Gasteiger partial charge is 0.246 e. The minimum atomic E-state index is -0.232. The van der Waals surface area contributed by atoms with Gasteiger partial charge < -0.3 is 0 Å². The molecule has 1 fully saturated rings. The Bertz CT molecular complexity index is 875. The maximum Gasteiger partial charge on any atom is 0.246 e. The number of nitrogens with one attached hydrogen (secondary N) is 1. The van der Waals surface area contributed by atoms with Gasteiger partial charge in [-0.2, -0.15) is 0 Å². The standard InChI is InChI=1S/C23H22N2O/c1-17-12-14-20(15-13-17)25-22(19-10-6-3-7-11-19)24-21(23(25)26)16-18-8-4-2-5-9-18/h2-15,21-22,24H,16H2,1H3/t21-,22-/m0/s1. The number of hydrogen-bond donors (Lipinski definition) is 1. The zero-order valence-corrected chi connectivity index (χ0v) is 14.8. The monoisotopic (exact) mass is 342 g/mol. The van der Waals surface area contributed by atoms with Gasteiger partial charge in [-0.05, 0) is 36.6 Å². The maximum atomic E-state index is 13.2. The van der Waals surface area contributed by atoms with E-state index >= 15 is 0 Å². The van der Waals surface area contributed by atoms with Crippen molar-refractivity contribution in [3.63, 3.8) is 0 Å². The molecule has 26 heavy (non-hydrogen) atoms. The summed E-state index contributed by atoms with van der Waals surface area (Å²) in [6.07, 6.45) is 0.533. The molecule has 1 N–H and O–H groups in total. The predicted octanol–water partition coefficient (Wildman–Crippen LogP) is 4.24. The van der Waals surface area contributed by atoms with Gasteiger partial charge in [0.2, 0.25) is 5.91 Å². The number of nitrogens with zero attached hydrogens (tertiary/aromatic N) is 1. The van der Waals surface area contributed by atoms with Crippen molar-refractivity contribution in [2.45, 2.75) is 25.6 Å². The van der Waals surface area contributed by atoms with Crippen molar-refractivity contribution in [1.82, 2.24) is 5.32 Å². The van der Waals surface area contributed by atoms with Crippen LogP contribution in [0.5, 0.6) is 0 Å². The van der Waals surface area contributed by atoms with Crippen molar-refractivity contribution in [2.75, 3.05) is 4.90 Å². The fourth-order valence-electron chi connectivity index (χ4n) is 3.49. The van der Waals surface area contributed by atoms with E-state index in [1.807, 2.05) is 53.4 Å². The normalized spacial score (nSPS) is 19.7. The van der Waals surface area contributed by atoms with E-state index in [0.29, 0.717) is 6.42 Å². The van der Waals surface area contributed by atoms with Crippen LogP contribution in [0.2, 0.25) is 0 Å². The summed E-state index contributed by atoms with van der Waals surface area (Å²) >= 11 is 0. The highest BCUT2D eigenvalue weighted by Crippen LogP contribution is 2.32. The van der Waals surface area contributed by atoms with Gasteiger partial charge in [0.05, 0.1) is 6.04 Å². The van der Waals surface area contributed by atoms with Crippen LogP contribution in [0.1, 0.15) is 22.9 Å². The lowest BCUT2D eigenvalue weighted by Gasteiger charge is -2.24. The van der Waals surface area contributed by atoms with E-state index in [0.717, 1.165) is 16.8 Å². The molecule has 1 aliphatic heterocycles. The molecule has 130 valence electrons. The molecule has 1 saturated heterocycles. The molecule has 1 amide bonds. The van der Waals surface area contributed by atoms with Crippen molar-refractivity contribution in [3.8, 4) is 0 Å². The Hall–Kier alpha value is -2.91. The summed E-state index contributed by atoms with van der Waals surface area (Å²) in [5.41, 5.74) is 4.37. The molecule has 0 aliphatic carbocycles. The lowest BCUT2D eigenvalue weighted by Crippen LogP contribution is -2.32. The molecule has 0 spiro atoms. The van der Waals surface area contributed by atoms with Gasteiger partial charge in [0.1, 0.15) is 6.17 Å². The highest BCUT2D eigenvalue weighted by atomic mass is 16.2. The fourth-order valence-corrected chi connectivity index (χ4v) is 3.49. The van der Waals surface area contributed by atoms with E-state index in [-0.39, 0.29) is 18.1 Å². The lowest BCUT2D eigenvalue weighted by molar-refractivity contribution is -0.118. The second kappa shape index (κ2) is 7.14. The maximum absolute atomic E-state index is 13.2. The lowest BCUT2D eigenvalue weighted by atomic mass is 10.1. The van der Waals surface area contributed by atoms with Gasteiger partial charge in [-0.3, -0.25) is 15.0 Å². The summed E-state index contributed by atoms with van der Waals surface area (Å²) in [7, 11) is 0. The molecular formula is C23H22N2O. The zero-order valence-electron chi connectivity index (χ0n) is 14.8. The molecule has 3 nitrogen and oxygen atoms in total. The van der Waals surface area contributed by atoms with Gasteiger partial charge in [0.15, 0.2) is 0 Å². The number of hydrogen-bond acceptors (Lipinski definition) is 2. The van der Waals surface area contributed by atoms with E-state index in [1.54, 1.807) is 0 Å². The van der Waals surface area contributed by atoms with Crippen LogP contribution in [0.15, 0.2) is 84.9 Å². The van der Waals surface area contributed by atoms with E-state index in [1.165, 1.54) is 5.56 Å². The molecule has 3 aromatic rings. The van der Waals surface area contributed by atoms with Crippen LogP contribution in [0.25, 0.3) is 0 Å². The third-order valence-electron chi connectivity index (χ3n) is 4.86. The van der Waals surface area contributed by atoms with Crippen LogP contribution >= 0.6 is 0 Å². The average Bonchev–Trinajstić information content (AvgIpc) is 3.00. The van der Waals surface area contributed by atoms with E-state index in [2.05, 4.69) is 48.6 Å². The van der Waals surface area contributed by atoms with Gasteiger partial charge in [-0.1, -0.05) is 78.4 Å². The van der Waals surface area contributed by atoms with Gasteiger partial charge in [0, 0.05) is 5.69 Å². The molecular weight excluding hydrogens is 320 g/mol. The second-order valence-corrected chi connectivity index (χ2v) is 6.77. The summed E-state index contributed by atoms with van der Waals surface area (Å²) < 4.78 is 0. The van der Waals surface area contributed by atoms with E-state index in [9.17, 15) is 4.79 Å². The fraction of sp³-hybridized carbons (Fsp3) is 0.174. The number of carbonyl (C=O) groups excluding carboxylic acids is 1. The minimum absolute atomic E-state index is 0.117. The SMILES string of the molecule is Cc1ccc(N2C(=O)[C@H](Cc3ccccc3)N[C@@H]2c2ccccc2)cc1. The first-order valence-electron chi connectivity index (χ1n) is 8.97. The molecule has 0 radical (unpaired) electrons. The Morgan fingerprint density at radius 3 is 2.12 bits per heavy atom. The molecule has 1 aliphatic rings. The Labute approximate surface area is 154 Å². The summed E-state index contributed by atoms with van der Waals surface area (Å²) in [5.74, 6) is 0.117. The Morgan fingerprint density at radius 2 is 1.46 bits per heavy atom. The molecule has 3 heteroatoms. The molecule has 3 aromatic carbocycles. The van der Waals surface area contributed by atoms with Crippen LogP contribution in [0, 0.1) is 6.92 Å². The first-order chi connectivity index (χ1) is 12.7. The molecule has 2 atom stereocenters. The predicted molar refractivity (Wildman–Crippen MR) is 105 cm³/mol. The van der Waals surface area contributed by atoms with Crippen LogP contribution in [0.3, 0.4) is 0 Å². The Kier molecular flexibility index (Phi) is 4.55. The third kappa shape index (κ3) is 3.26. The van der Waals surface area contributed by atoms with Crippen molar-refractivity contribution in [2.24, 2.45) is 0 Å². The quantitative estimate of drug-likeness (QED) is 0.769. The number of anilines is 1. The van der Waals surface area contributed by atoms with Crippen molar-refractivity contribution in [3.05, 3.63) is 102 Å². The number of aryl methyl sites for hydroxylation is 1. The third-order valence-corrected chi connectivity index (χ3v) is 4.86. The van der Waals surface area contributed by atoms with Crippen LogP contribution in [0.4, 0.5) is 5.69 Å². The number of amides is 1. The summed E-state index contributed by atoms with van der Waals surface area (Å²) in [4.78, 5) is 15.1. The average molecular weight is 342 g/mol. The number of benzene rings is 3. The van der Waals surface area contributed by atoms with Gasteiger partial charge >= 0.3 is 0 Å². The van der Waals surface area contributed by atoms with Crippen molar-refractivity contribution >= 4 is 11.6 Å². The number of carbonyl (C=O) groups is 1.